The zero-order valence-corrected chi connectivity index (χ0v) is 16.9. The van der Waals surface area contributed by atoms with Crippen molar-refractivity contribution in [3.05, 3.63) is 69.7 Å². The number of carbonyl (C=O) groups excluding carboxylic acids is 1. The number of carboxylic acids is 1. The number of nitrogens with zero attached hydrogens (tertiary/aromatic N) is 1. The molecule has 0 bridgehead atoms. The van der Waals surface area contributed by atoms with Crippen LogP contribution >= 0.6 is 23.2 Å². The summed E-state index contributed by atoms with van der Waals surface area (Å²) in [6, 6.07) is 12.7. The molecule has 2 aromatic rings. The number of benzene rings is 2. The fourth-order valence-electron chi connectivity index (χ4n) is 3.58. The molecule has 1 heterocycles. The lowest BCUT2D eigenvalue weighted by molar-refractivity contribution is -0.171. The van der Waals surface area contributed by atoms with Crippen LogP contribution in [0.5, 0.6) is 0 Å². The molecule has 1 N–H and O–H groups in total. The summed E-state index contributed by atoms with van der Waals surface area (Å²) < 4.78 is 5.89. The molecule has 0 aliphatic carbocycles. The Labute approximate surface area is 173 Å². The molecule has 0 aromatic heterocycles. The molecule has 3 atom stereocenters. The van der Waals surface area contributed by atoms with E-state index in [0.717, 1.165) is 11.1 Å². The maximum atomic E-state index is 12.8. The summed E-state index contributed by atoms with van der Waals surface area (Å²) in [6.07, 6.45) is 0.480. The fourth-order valence-corrected chi connectivity index (χ4v) is 3.83. The second-order valence-electron chi connectivity index (χ2n) is 6.72. The Bertz CT molecular complexity index is 838. The van der Waals surface area contributed by atoms with Gasteiger partial charge in [-0.2, -0.15) is 0 Å². The standard InChI is InChI=1S/C21H21Cl2NO4/c1-2-3-17(21(26)27)24-18(25)12-28-20(14-6-10-16(23)11-7-14)19(24)13-4-8-15(22)9-5-13/h4-11,17,19-20H,2-3,12H2,1H3,(H,26,27)/t17?,19-,20+/m1/s1. The van der Waals surface area contributed by atoms with Gasteiger partial charge in [-0.05, 0) is 41.8 Å². The van der Waals surface area contributed by atoms with Crippen molar-refractivity contribution >= 4 is 35.1 Å². The van der Waals surface area contributed by atoms with E-state index >= 15 is 0 Å². The highest BCUT2D eigenvalue weighted by Crippen LogP contribution is 2.42. The quantitative estimate of drug-likeness (QED) is 0.720. The van der Waals surface area contributed by atoms with Crippen LogP contribution < -0.4 is 0 Å². The topological polar surface area (TPSA) is 66.8 Å². The highest BCUT2D eigenvalue weighted by molar-refractivity contribution is 6.30. The summed E-state index contributed by atoms with van der Waals surface area (Å²) in [7, 11) is 0. The number of morpholine rings is 1. The highest BCUT2D eigenvalue weighted by atomic mass is 35.5. The molecule has 1 unspecified atom stereocenters. The lowest BCUT2D eigenvalue weighted by Crippen LogP contribution is -2.53. The van der Waals surface area contributed by atoms with Gasteiger partial charge in [0.15, 0.2) is 0 Å². The average Bonchev–Trinajstić information content (AvgIpc) is 2.67. The van der Waals surface area contributed by atoms with Crippen LogP contribution in [0.3, 0.4) is 0 Å². The van der Waals surface area contributed by atoms with Crippen molar-refractivity contribution in [2.24, 2.45) is 0 Å². The van der Waals surface area contributed by atoms with Gasteiger partial charge in [0.05, 0.1) is 6.04 Å². The third kappa shape index (κ3) is 4.32. The number of aliphatic carboxylic acids is 1. The molecule has 1 aliphatic rings. The number of rotatable bonds is 6. The Morgan fingerprint density at radius 1 is 1.11 bits per heavy atom. The molecule has 1 aliphatic heterocycles. The van der Waals surface area contributed by atoms with Gasteiger partial charge in [-0.25, -0.2) is 4.79 Å². The SMILES string of the molecule is CCCC(C(=O)O)N1C(=O)CO[C@@H](c2ccc(Cl)cc2)[C@H]1c1ccc(Cl)cc1. The normalized spacial score (nSPS) is 20.8. The smallest absolute Gasteiger partial charge is 0.326 e. The van der Waals surface area contributed by atoms with E-state index in [9.17, 15) is 14.7 Å². The lowest BCUT2D eigenvalue weighted by atomic mass is 9.91. The van der Waals surface area contributed by atoms with Crippen LogP contribution in [0.1, 0.15) is 43.0 Å². The summed E-state index contributed by atoms with van der Waals surface area (Å²) in [5, 5.41) is 11.0. The van der Waals surface area contributed by atoms with Gasteiger partial charge in [-0.15, -0.1) is 0 Å². The monoisotopic (exact) mass is 421 g/mol. The van der Waals surface area contributed by atoms with Gasteiger partial charge in [-0.3, -0.25) is 4.79 Å². The number of halogens is 2. The Kier molecular flexibility index (Phi) is 6.60. The predicted octanol–water partition coefficient (Wildman–Crippen LogP) is 4.89. The van der Waals surface area contributed by atoms with E-state index in [0.29, 0.717) is 22.9 Å². The Balaban J connectivity index is 2.11. The van der Waals surface area contributed by atoms with E-state index in [1.807, 2.05) is 19.1 Å². The minimum Gasteiger partial charge on any atom is -0.480 e. The third-order valence-electron chi connectivity index (χ3n) is 4.85. The van der Waals surface area contributed by atoms with Crippen LogP contribution in [0.2, 0.25) is 10.0 Å². The molecular weight excluding hydrogens is 401 g/mol. The first-order valence-electron chi connectivity index (χ1n) is 9.09. The van der Waals surface area contributed by atoms with Gasteiger partial charge < -0.3 is 14.7 Å². The number of hydrogen-bond acceptors (Lipinski definition) is 3. The van der Waals surface area contributed by atoms with Crippen LogP contribution in [-0.2, 0) is 14.3 Å². The molecule has 3 rings (SSSR count). The summed E-state index contributed by atoms with van der Waals surface area (Å²) in [5.74, 6) is -1.36. The van der Waals surface area contributed by atoms with E-state index in [1.165, 1.54) is 4.90 Å². The van der Waals surface area contributed by atoms with E-state index in [4.69, 9.17) is 27.9 Å². The van der Waals surface area contributed by atoms with Crippen molar-refractivity contribution in [3.8, 4) is 0 Å². The van der Waals surface area contributed by atoms with Crippen LogP contribution in [0.4, 0.5) is 0 Å². The highest BCUT2D eigenvalue weighted by Gasteiger charge is 2.44. The van der Waals surface area contributed by atoms with Gasteiger partial charge >= 0.3 is 5.97 Å². The Hall–Kier alpha value is -2.08. The Morgan fingerprint density at radius 3 is 2.14 bits per heavy atom. The van der Waals surface area contributed by atoms with Crippen molar-refractivity contribution < 1.29 is 19.4 Å². The molecule has 148 valence electrons. The van der Waals surface area contributed by atoms with E-state index < -0.39 is 24.2 Å². The Morgan fingerprint density at radius 2 is 1.64 bits per heavy atom. The molecule has 0 spiro atoms. The van der Waals surface area contributed by atoms with Crippen LogP contribution in [-0.4, -0.2) is 34.5 Å². The fraction of sp³-hybridized carbons (Fsp3) is 0.333. The third-order valence-corrected chi connectivity index (χ3v) is 5.36. The maximum Gasteiger partial charge on any atom is 0.326 e. The van der Waals surface area contributed by atoms with Gasteiger partial charge in [0.2, 0.25) is 5.91 Å². The van der Waals surface area contributed by atoms with Crippen LogP contribution in [0, 0.1) is 0 Å². The molecular formula is C21H21Cl2NO4. The molecule has 1 amide bonds. The average molecular weight is 422 g/mol. The first-order valence-corrected chi connectivity index (χ1v) is 9.84. The minimum absolute atomic E-state index is 0.176. The van der Waals surface area contributed by atoms with Crippen molar-refractivity contribution in [2.45, 2.75) is 38.0 Å². The first kappa shape index (κ1) is 20.6. The predicted molar refractivity (Wildman–Crippen MR) is 108 cm³/mol. The van der Waals surface area contributed by atoms with Crippen LogP contribution in [0.25, 0.3) is 0 Å². The number of ether oxygens (including phenoxy) is 1. The second kappa shape index (κ2) is 8.95. The van der Waals surface area contributed by atoms with Gasteiger partial charge in [0.25, 0.3) is 0 Å². The summed E-state index contributed by atoms with van der Waals surface area (Å²) >= 11 is 12.0. The minimum atomic E-state index is -1.02. The number of hydrogen-bond donors (Lipinski definition) is 1. The maximum absolute atomic E-state index is 12.8. The molecule has 7 heteroatoms. The van der Waals surface area contributed by atoms with Gasteiger partial charge in [0, 0.05) is 10.0 Å². The van der Waals surface area contributed by atoms with E-state index in [2.05, 4.69) is 0 Å². The van der Waals surface area contributed by atoms with Crippen molar-refractivity contribution in [1.82, 2.24) is 4.90 Å². The molecule has 1 saturated heterocycles. The molecule has 0 radical (unpaired) electrons. The lowest BCUT2D eigenvalue weighted by Gasteiger charge is -2.44. The summed E-state index contributed by atoms with van der Waals surface area (Å²) in [6.45, 7) is 1.72. The number of carbonyl (C=O) groups is 2. The molecule has 0 saturated carbocycles. The van der Waals surface area contributed by atoms with Gasteiger partial charge in [-0.1, -0.05) is 60.8 Å². The molecule has 28 heavy (non-hydrogen) atoms. The first-order chi connectivity index (χ1) is 13.4. The van der Waals surface area contributed by atoms with Crippen LogP contribution in [0.15, 0.2) is 48.5 Å². The van der Waals surface area contributed by atoms with Gasteiger partial charge in [0.1, 0.15) is 18.8 Å². The van der Waals surface area contributed by atoms with Crippen molar-refractivity contribution in [1.29, 1.82) is 0 Å². The zero-order valence-electron chi connectivity index (χ0n) is 15.3. The van der Waals surface area contributed by atoms with E-state index in [-0.39, 0.29) is 12.5 Å². The largest absolute Gasteiger partial charge is 0.480 e. The number of carboxylic acid groups (broad SMARTS) is 1. The zero-order chi connectivity index (χ0) is 20.3. The molecule has 2 aromatic carbocycles. The summed E-state index contributed by atoms with van der Waals surface area (Å²) in [4.78, 5) is 26.2. The van der Waals surface area contributed by atoms with Crippen molar-refractivity contribution in [2.75, 3.05) is 6.61 Å². The summed E-state index contributed by atoms with van der Waals surface area (Å²) in [5.41, 5.74) is 1.59. The molecule has 1 fully saturated rings. The molecule has 5 nitrogen and oxygen atoms in total. The number of amides is 1. The second-order valence-corrected chi connectivity index (χ2v) is 7.60. The van der Waals surface area contributed by atoms with Crippen molar-refractivity contribution in [3.63, 3.8) is 0 Å². The van der Waals surface area contributed by atoms with E-state index in [1.54, 1.807) is 36.4 Å².